The number of benzene rings is 2. The Morgan fingerprint density at radius 3 is 1.98 bits per heavy atom. The maximum Gasteiger partial charge on any atom is 0.326 e. The fourth-order valence-corrected chi connectivity index (χ4v) is 7.09. The van der Waals surface area contributed by atoms with Crippen molar-refractivity contribution >= 4 is 53.5 Å². The van der Waals surface area contributed by atoms with Crippen LogP contribution in [0.2, 0.25) is 0 Å². The highest BCUT2D eigenvalue weighted by molar-refractivity contribution is 5.98. The van der Waals surface area contributed by atoms with Gasteiger partial charge in [-0.2, -0.15) is 0 Å². The summed E-state index contributed by atoms with van der Waals surface area (Å²) in [6.07, 6.45) is 4.55. The van der Waals surface area contributed by atoms with Crippen LogP contribution in [0.4, 0.5) is 13.2 Å². The fraction of sp³-hybridized carbons (Fsp3) is 0.488. The monoisotopic (exact) mass is 872 g/mol. The first-order valence-corrected chi connectivity index (χ1v) is 20.3. The Bertz CT molecular complexity index is 1960. The summed E-state index contributed by atoms with van der Waals surface area (Å²) < 4.78 is 40.7. The van der Waals surface area contributed by atoms with E-state index >= 15 is 0 Å². The Morgan fingerprint density at radius 2 is 1.40 bits per heavy atom. The summed E-state index contributed by atoms with van der Waals surface area (Å²) in [6, 6.07) is 0.354. The minimum absolute atomic E-state index is 0.0536. The van der Waals surface area contributed by atoms with Crippen molar-refractivity contribution in [2.45, 2.75) is 115 Å². The van der Waals surface area contributed by atoms with Crippen LogP contribution < -0.4 is 27.0 Å². The molecule has 338 valence electrons. The quantitative estimate of drug-likeness (QED) is 0.0804. The molecule has 2 aromatic carbocycles. The van der Waals surface area contributed by atoms with Crippen LogP contribution in [0.25, 0.3) is 6.08 Å². The minimum atomic E-state index is -1.76. The number of halogens is 3. The molecule has 1 fully saturated rings. The number of likely N-dealkylation sites (N-methyl/N-ethyl adjacent to an activating group) is 1. The summed E-state index contributed by atoms with van der Waals surface area (Å²) in [5.74, 6) is -11.6. The van der Waals surface area contributed by atoms with Crippen LogP contribution in [0, 0.1) is 29.3 Å². The van der Waals surface area contributed by atoms with Crippen molar-refractivity contribution in [3.05, 3.63) is 77.1 Å². The lowest BCUT2D eigenvalue weighted by molar-refractivity contribution is -0.148. The summed E-state index contributed by atoms with van der Waals surface area (Å²) in [7, 11) is 1.15. The van der Waals surface area contributed by atoms with Gasteiger partial charge in [0.1, 0.15) is 36.0 Å². The van der Waals surface area contributed by atoms with E-state index in [0.717, 1.165) is 55.5 Å². The molecule has 62 heavy (non-hydrogen) atoms. The molecule has 5 atom stereocenters. The molecule has 3 rings (SSSR count). The van der Waals surface area contributed by atoms with Crippen LogP contribution in [0.1, 0.15) is 89.2 Å². The van der Waals surface area contributed by atoms with Crippen LogP contribution in [-0.2, 0) is 44.8 Å². The van der Waals surface area contributed by atoms with E-state index < -0.39 is 108 Å². The number of carbonyl (C=O) groups is 8. The summed E-state index contributed by atoms with van der Waals surface area (Å²) >= 11 is 0. The SMILES string of the molecule is CC(C)C[C@H](NC(=O)[C@H](CC(=O)O)N(C)C(=O)[C@H](CC1CCCCC1)NC(=O)[C@H](CCC(N)=O)NC(=O)/C=C/c1ccc(F)cc1)C(=O)N[C@@H](Cc1ccc(F)c(F)c1)C(=O)O. The first-order valence-electron chi connectivity index (χ1n) is 20.3. The Morgan fingerprint density at radius 1 is 0.790 bits per heavy atom. The number of hydrogen-bond donors (Lipinski definition) is 7. The van der Waals surface area contributed by atoms with Gasteiger partial charge >= 0.3 is 11.9 Å². The average Bonchev–Trinajstić information content (AvgIpc) is 3.21. The number of nitrogens with one attached hydrogen (secondary N) is 4. The zero-order valence-corrected chi connectivity index (χ0v) is 34.8. The van der Waals surface area contributed by atoms with Crippen LogP contribution in [0.5, 0.6) is 0 Å². The number of rotatable bonds is 23. The second kappa shape index (κ2) is 24.2. The van der Waals surface area contributed by atoms with Gasteiger partial charge in [0.2, 0.25) is 35.4 Å². The van der Waals surface area contributed by atoms with E-state index in [0.29, 0.717) is 18.4 Å². The molecular weight excluding hydrogens is 817 g/mol. The Labute approximate surface area is 357 Å². The highest BCUT2D eigenvalue weighted by Crippen LogP contribution is 2.28. The van der Waals surface area contributed by atoms with Gasteiger partial charge in [-0.25, -0.2) is 18.0 Å². The predicted molar refractivity (Wildman–Crippen MR) is 219 cm³/mol. The molecule has 0 saturated heterocycles. The molecule has 0 unspecified atom stereocenters. The molecule has 0 radical (unpaired) electrons. The van der Waals surface area contributed by atoms with Gasteiger partial charge in [-0.05, 0) is 72.6 Å². The van der Waals surface area contributed by atoms with Crippen molar-refractivity contribution in [1.82, 2.24) is 26.2 Å². The van der Waals surface area contributed by atoms with E-state index in [-0.39, 0.29) is 43.1 Å². The van der Waals surface area contributed by atoms with E-state index in [4.69, 9.17) is 5.73 Å². The van der Waals surface area contributed by atoms with E-state index in [1.54, 1.807) is 13.8 Å². The standard InChI is InChI=1S/C43H55F3N6O10/c1-24(2)19-32(40(58)51-34(43(61)62)22-27-11-15-29(45)30(46)20-27)49-41(59)35(23-38(55)56)52(3)42(60)33(21-26-7-5-4-6-8-26)50-39(57)31(16-17-36(47)53)48-37(54)18-12-25-9-13-28(44)14-10-25/h9-15,18,20,24,26,31-35H,4-8,16-17,19,21-23H2,1-3H3,(H2,47,53)(H,48,54)(H,49,59)(H,50,57)(H,51,58)(H,55,56)(H,61,62)/b18-12+/t31-,32-,33-,34-,35-/m0/s1. The number of carboxylic acids is 2. The van der Waals surface area contributed by atoms with Gasteiger partial charge < -0.3 is 42.1 Å². The van der Waals surface area contributed by atoms with Crippen molar-refractivity contribution in [2.24, 2.45) is 17.6 Å². The van der Waals surface area contributed by atoms with Gasteiger partial charge in [0, 0.05) is 26.0 Å². The lowest BCUT2D eigenvalue weighted by Crippen LogP contribution is -2.60. The van der Waals surface area contributed by atoms with Crippen molar-refractivity contribution in [3.8, 4) is 0 Å². The molecule has 8 N–H and O–H groups in total. The van der Waals surface area contributed by atoms with Crippen LogP contribution in [-0.4, -0.2) is 99.8 Å². The zero-order valence-electron chi connectivity index (χ0n) is 34.8. The van der Waals surface area contributed by atoms with Gasteiger partial charge in [0.15, 0.2) is 11.6 Å². The number of aliphatic carboxylic acids is 2. The van der Waals surface area contributed by atoms with Crippen molar-refractivity contribution in [3.63, 3.8) is 0 Å². The van der Waals surface area contributed by atoms with E-state index in [1.165, 1.54) is 30.3 Å². The molecule has 1 aliphatic rings. The number of hydrogen-bond acceptors (Lipinski definition) is 8. The number of carboxylic acid groups (broad SMARTS) is 2. The molecule has 2 aromatic rings. The molecule has 0 spiro atoms. The first kappa shape index (κ1) is 50.1. The topological polar surface area (TPSA) is 254 Å². The summed E-state index contributed by atoms with van der Waals surface area (Å²) in [5, 5.41) is 29.6. The summed E-state index contributed by atoms with van der Waals surface area (Å²) in [4.78, 5) is 105. The largest absolute Gasteiger partial charge is 0.481 e. The molecule has 1 aliphatic carbocycles. The van der Waals surface area contributed by atoms with Gasteiger partial charge in [-0.1, -0.05) is 64.2 Å². The third-order valence-corrected chi connectivity index (χ3v) is 10.4. The Kier molecular flexibility index (Phi) is 19.6. The number of nitrogens with zero attached hydrogens (tertiary/aromatic N) is 1. The molecule has 0 bridgehead atoms. The molecule has 19 heteroatoms. The predicted octanol–water partition coefficient (Wildman–Crippen LogP) is 2.97. The molecular formula is C43H55F3N6O10. The number of amides is 6. The number of primary amides is 1. The molecule has 0 heterocycles. The van der Waals surface area contributed by atoms with Crippen molar-refractivity contribution < 1.29 is 61.7 Å². The van der Waals surface area contributed by atoms with Gasteiger partial charge in [0.25, 0.3) is 0 Å². The molecule has 16 nitrogen and oxygen atoms in total. The van der Waals surface area contributed by atoms with Crippen LogP contribution in [0.3, 0.4) is 0 Å². The second-order valence-corrected chi connectivity index (χ2v) is 15.9. The number of nitrogens with two attached hydrogens (primary N) is 1. The van der Waals surface area contributed by atoms with Crippen molar-refractivity contribution in [2.75, 3.05) is 7.05 Å². The molecule has 6 amide bonds. The van der Waals surface area contributed by atoms with Gasteiger partial charge in [-0.15, -0.1) is 0 Å². The lowest BCUT2D eigenvalue weighted by atomic mass is 9.84. The molecule has 0 aromatic heterocycles. The second-order valence-electron chi connectivity index (χ2n) is 15.9. The normalized spacial score (nSPS) is 15.4. The minimum Gasteiger partial charge on any atom is -0.481 e. The lowest BCUT2D eigenvalue weighted by Gasteiger charge is -2.34. The third kappa shape index (κ3) is 16.6. The highest BCUT2D eigenvalue weighted by Gasteiger charge is 2.38. The Hall–Kier alpha value is -6.27. The van der Waals surface area contributed by atoms with Gasteiger partial charge in [-0.3, -0.25) is 33.6 Å². The average molecular weight is 873 g/mol. The number of carbonyl (C=O) groups excluding carboxylic acids is 6. The summed E-state index contributed by atoms with van der Waals surface area (Å²) in [6.45, 7) is 3.40. The van der Waals surface area contributed by atoms with Crippen LogP contribution >= 0.6 is 0 Å². The van der Waals surface area contributed by atoms with Gasteiger partial charge in [0.05, 0.1) is 6.42 Å². The Balaban J connectivity index is 1.87. The third-order valence-electron chi connectivity index (χ3n) is 10.4. The summed E-state index contributed by atoms with van der Waals surface area (Å²) in [5.41, 5.74) is 5.87. The maximum absolute atomic E-state index is 14.4. The zero-order chi connectivity index (χ0) is 46.1. The molecule has 0 aliphatic heterocycles. The highest BCUT2D eigenvalue weighted by atomic mass is 19.2. The fourth-order valence-electron chi connectivity index (χ4n) is 7.09. The van der Waals surface area contributed by atoms with E-state index in [2.05, 4.69) is 21.3 Å². The van der Waals surface area contributed by atoms with E-state index in [9.17, 15) is 61.7 Å². The molecule has 1 saturated carbocycles. The van der Waals surface area contributed by atoms with E-state index in [1.807, 2.05) is 0 Å². The first-order chi connectivity index (χ1) is 29.2. The van der Waals surface area contributed by atoms with Crippen LogP contribution in [0.15, 0.2) is 48.5 Å². The van der Waals surface area contributed by atoms with Crippen molar-refractivity contribution in [1.29, 1.82) is 0 Å². The maximum atomic E-state index is 14.4. The smallest absolute Gasteiger partial charge is 0.326 e.